The van der Waals surface area contributed by atoms with Crippen LogP contribution in [-0.4, -0.2) is 40.4 Å². The quantitative estimate of drug-likeness (QED) is 0.469. The van der Waals surface area contributed by atoms with E-state index >= 15 is 0 Å². The maximum absolute atomic E-state index is 14.2. The zero-order chi connectivity index (χ0) is 24.8. The minimum Gasteiger partial charge on any atom is -0.396 e. The van der Waals surface area contributed by atoms with E-state index in [2.05, 4.69) is 48.5 Å². The van der Waals surface area contributed by atoms with Gasteiger partial charge < -0.3 is 14.9 Å². The summed E-state index contributed by atoms with van der Waals surface area (Å²) in [5.74, 6) is 4.15. The van der Waals surface area contributed by atoms with Crippen molar-refractivity contribution in [2.75, 3.05) is 6.61 Å². The SMILES string of the molecule is CC(C)[C@@H](C)[C@@]1(C)C[C@@H]1[C@@H](C)[C@H]1CC[C@@H]([C@@H]2C[C@H]3O[C@]34C[C@@H](O)CC[C@]4(C)C2=O)[C@]1(C)CCO. The maximum Gasteiger partial charge on any atom is 0.145 e. The van der Waals surface area contributed by atoms with Gasteiger partial charge in [-0.05, 0) is 98.2 Å². The van der Waals surface area contributed by atoms with Crippen LogP contribution in [0.4, 0.5) is 0 Å². The molecule has 4 nitrogen and oxygen atoms in total. The van der Waals surface area contributed by atoms with Crippen LogP contribution in [0.3, 0.4) is 0 Å². The average molecular weight is 475 g/mol. The molecule has 34 heavy (non-hydrogen) atoms. The lowest BCUT2D eigenvalue weighted by molar-refractivity contribution is -0.147. The fraction of sp³-hybridized carbons (Fsp3) is 0.967. The highest BCUT2D eigenvalue weighted by Gasteiger charge is 2.76. The summed E-state index contributed by atoms with van der Waals surface area (Å²) in [6.07, 6.45) is 7.10. The molecule has 1 heterocycles. The van der Waals surface area contributed by atoms with Gasteiger partial charge in [0.1, 0.15) is 11.4 Å². The molecule has 5 aliphatic rings. The highest BCUT2D eigenvalue weighted by molar-refractivity contribution is 5.90. The molecule has 1 saturated heterocycles. The van der Waals surface area contributed by atoms with E-state index in [-0.39, 0.29) is 30.1 Å². The summed E-state index contributed by atoms with van der Waals surface area (Å²) in [6.45, 7) is 16.9. The fourth-order valence-electron chi connectivity index (χ4n) is 10.1. The van der Waals surface area contributed by atoms with Gasteiger partial charge in [-0.1, -0.05) is 41.5 Å². The standard InChI is InChI=1S/C30H50O4/c1-17(2)19(4)28(6)16-24(28)18(3)22-8-9-23(27(22,5)12-13-31)21-14-25-30(34-25)15-20(32)10-11-29(30,7)26(21)33/h17-25,31-32H,8-16H2,1-7H3/t18-,19+,20-,21-,22+,23-,24+,25+,27+,28+,29+,30+/m0/s1. The molecule has 4 heteroatoms. The second-order valence-electron chi connectivity index (χ2n) is 14.4. The van der Waals surface area contributed by atoms with Crippen LogP contribution < -0.4 is 0 Å². The van der Waals surface area contributed by atoms with E-state index in [0.717, 1.165) is 37.5 Å². The zero-order valence-corrected chi connectivity index (χ0v) is 22.8. The number of Topliss-reactive ketones (excluding diaryl/α,β-unsaturated/α-hetero) is 1. The molecule has 1 spiro atoms. The monoisotopic (exact) mass is 474 g/mol. The first-order valence-electron chi connectivity index (χ1n) is 14.4. The van der Waals surface area contributed by atoms with Gasteiger partial charge in [0, 0.05) is 18.9 Å². The van der Waals surface area contributed by atoms with E-state index in [9.17, 15) is 15.0 Å². The average Bonchev–Trinajstić information content (AvgIpc) is 3.63. The third-order valence-corrected chi connectivity index (χ3v) is 12.9. The Bertz CT molecular complexity index is 825. The summed E-state index contributed by atoms with van der Waals surface area (Å²) in [6, 6.07) is 0. The second kappa shape index (κ2) is 8.02. The van der Waals surface area contributed by atoms with Gasteiger partial charge in [-0.15, -0.1) is 0 Å². The molecule has 4 saturated carbocycles. The Balaban J connectivity index is 1.38. The molecular weight excluding hydrogens is 424 g/mol. The maximum atomic E-state index is 14.2. The first kappa shape index (κ1) is 25.2. The summed E-state index contributed by atoms with van der Waals surface area (Å²) in [5, 5.41) is 20.5. The number of aliphatic hydroxyl groups excluding tert-OH is 2. The molecule has 4 aliphatic carbocycles. The van der Waals surface area contributed by atoms with Gasteiger partial charge in [0.15, 0.2) is 0 Å². The minimum absolute atomic E-state index is 0.00150. The normalized spacial score (nSPS) is 53.9. The minimum atomic E-state index is -0.453. The molecule has 0 unspecified atom stereocenters. The molecule has 0 aromatic carbocycles. The summed E-state index contributed by atoms with van der Waals surface area (Å²) < 4.78 is 6.30. The Kier molecular flexibility index (Phi) is 5.95. The van der Waals surface area contributed by atoms with Crippen LogP contribution >= 0.6 is 0 Å². The third-order valence-electron chi connectivity index (χ3n) is 12.9. The zero-order valence-electron chi connectivity index (χ0n) is 22.8. The highest BCUT2D eigenvalue weighted by Crippen LogP contribution is 2.70. The largest absolute Gasteiger partial charge is 0.396 e. The van der Waals surface area contributed by atoms with Gasteiger partial charge in [0.25, 0.3) is 0 Å². The van der Waals surface area contributed by atoms with Crippen molar-refractivity contribution < 1.29 is 19.7 Å². The van der Waals surface area contributed by atoms with Crippen molar-refractivity contribution in [2.45, 2.75) is 118 Å². The van der Waals surface area contributed by atoms with Gasteiger partial charge in [0.2, 0.25) is 0 Å². The molecule has 12 atom stereocenters. The number of hydrogen-bond donors (Lipinski definition) is 2. The van der Waals surface area contributed by atoms with Crippen molar-refractivity contribution in [1.29, 1.82) is 0 Å². The van der Waals surface area contributed by atoms with Crippen molar-refractivity contribution in [1.82, 2.24) is 0 Å². The number of ketones is 1. The predicted octanol–water partition coefficient (Wildman–Crippen LogP) is 5.63. The summed E-state index contributed by atoms with van der Waals surface area (Å²) in [7, 11) is 0. The van der Waals surface area contributed by atoms with Crippen LogP contribution in [0.2, 0.25) is 0 Å². The number of epoxide rings is 1. The molecule has 0 aromatic heterocycles. The Morgan fingerprint density at radius 1 is 1.03 bits per heavy atom. The predicted molar refractivity (Wildman–Crippen MR) is 134 cm³/mol. The van der Waals surface area contributed by atoms with E-state index in [1.807, 2.05) is 0 Å². The second-order valence-corrected chi connectivity index (χ2v) is 14.4. The summed E-state index contributed by atoms with van der Waals surface area (Å²) >= 11 is 0. The molecule has 2 N–H and O–H groups in total. The third kappa shape index (κ3) is 3.29. The Morgan fingerprint density at radius 2 is 1.74 bits per heavy atom. The number of rotatable bonds is 7. The van der Waals surface area contributed by atoms with Crippen molar-refractivity contribution in [2.24, 2.45) is 57.7 Å². The van der Waals surface area contributed by atoms with Crippen LogP contribution in [0.1, 0.15) is 99.8 Å². The lowest BCUT2D eigenvalue weighted by atomic mass is 9.52. The topological polar surface area (TPSA) is 70.1 Å². The van der Waals surface area contributed by atoms with E-state index in [1.165, 1.54) is 12.8 Å². The number of carbonyl (C=O) groups is 1. The van der Waals surface area contributed by atoms with Crippen molar-refractivity contribution in [3.63, 3.8) is 0 Å². The molecule has 0 radical (unpaired) electrons. The first-order valence-corrected chi connectivity index (χ1v) is 14.4. The van der Waals surface area contributed by atoms with Crippen LogP contribution in [0, 0.1) is 57.7 Å². The van der Waals surface area contributed by atoms with Crippen molar-refractivity contribution >= 4 is 5.78 Å². The molecule has 5 fully saturated rings. The number of carbonyl (C=O) groups excluding carboxylic acids is 1. The summed E-state index contributed by atoms with van der Waals surface area (Å²) in [5.41, 5.74) is -0.423. The molecular formula is C30H50O4. The van der Waals surface area contributed by atoms with Crippen molar-refractivity contribution in [3.05, 3.63) is 0 Å². The van der Waals surface area contributed by atoms with Gasteiger partial charge >= 0.3 is 0 Å². The smallest absolute Gasteiger partial charge is 0.145 e. The number of aliphatic hydroxyl groups is 2. The summed E-state index contributed by atoms with van der Waals surface area (Å²) in [4.78, 5) is 14.2. The molecule has 0 amide bonds. The molecule has 0 bridgehead atoms. The van der Waals surface area contributed by atoms with Gasteiger partial charge in [-0.2, -0.15) is 0 Å². The first-order chi connectivity index (χ1) is 15.9. The number of ether oxygens (including phenoxy) is 1. The lowest BCUT2D eigenvalue weighted by Gasteiger charge is -2.49. The Labute approximate surface area is 207 Å². The molecule has 5 rings (SSSR count). The Hall–Kier alpha value is -0.450. The van der Waals surface area contributed by atoms with Gasteiger partial charge in [-0.3, -0.25) is 4.79 Å². The van der Waals surface area contributed by atoms with E-state index in [4.69, 9.17) is 4.74 Å². The molecule has 194 valence electrons. The van der Waals surface area contributed by atoms with Crippen LogP contribution in [0.25, 0.3) is 0 Å². The van der Waals surface area contributed by atoms with Crippen molar-refractivity contribution in [3.8, 4) is 0 Å². The Morgan fingerprint density at radius 3 is 2.38 bits per heavy atom. The molecule has 1 aliphatic heterocycles. The highest BCUT2D eigenvalue weighted by atomic mass is 16.6. The van der Waals surface area contributed by atoms with Crippen LogP contribution in [-0.2, 0) is 9.53 Å². The van der Waals surface area contributed by atoms with Gasteiger partial charge in [0.05, 0.1) is 17.6 Å². The lowest BCUT2D eigenvalue weighted by Crippen LogP contribution is -2.57. The van der Waals surface area contributed by atoms with E-state index in [0.29, 0.717) is 47.7 Å². The number of hydrogen-bond acceptors (Lipinski definition) is 4. The van der Waals surface area contributed by atoms with E-state index in [1.54, 1.807) is 0 Å². The molecule has 0 aromatic rings. The van der Waals surface area contributed by atoms with Crippen LogP contribution in [0.15, 0.2) is 0 Å². The van der Waals surface area contributed by atoms with Gasteiger partial charge in [-0.25, -0.2) is 0 Å². The van der Waals surface area contributed by atoms with E-state index < -0.39 is 11.0 Å². The van der Waals surface area contributed by atoms with Crippen LogP contribution in [0.5, 0.6) is 0 Å². The fourth-order valence-corrected chi connectivity index (χ4v) is 10.1.